The molecule has 1 aliphatic rings. The van der Waals surface area contributed by atoms with Gasteiger partial charge in [0, 0.05) is 19.3 Å². The van der Waals surface area contributed by atoms with Crippen molar-refractivity contribution in [1.82, 2.24) is 15.2 Å². The molecule has 0 aliphatic carbocycles. The average molecular weight is 291 g/mol. The highest BCUT2D eigenvalue weighted by Gasteiger charge is 2.09. The second kappa shape index (κ2) is 9.87. The van der Waals surface area contributed by atoms with Crippen LogP contribution in [0.2, 0.25) is 0 Å². The molecule has 4 heteroatoms. The molecule has 0 radical (unpaired) electrons. The highest BCUT2D eigenvalue weighted by atomic mass is 16.5. The number of nitrogens with zero attached hydrogens (tertiary/aromatic N) is 2. The van der Waals surface area contributed by atoms with Gasteiger partial charge in [0.15, 0.2) is 0 Å². The molecule has 0 atom stereocenters. The first-order chi connectivity index (χ1) is 10.4. The van der Waals surface area contributed by atoms with Crippen LogP contribution in [0.3, 0.4) is 0 Å². The molecule has 1 aromatic heterocycles. The average Bonchev–Trinajstić information content (AvgIpc) is 2.54. The molecule has 0 bridgehead atoms. The second-order valence-corrected chi connectivity index (χ2v) is 5.79. The van der Waals surface area contributed by atoms with E-state index in [-0.39, 0.29) is 0 Å². The lowest BCUT2D eigenvalue weighted by atomic mass is 10.1. The second-order valence-electron chi connectivity index (χ2n) is 5.79. The third-order valence-electron chi connectivity index (χ3n) is 3.89. The lowest BCUT2D eigenvalue weighted by molar-refractivity contribution is 0.0845. The van der Waals surface area contributed by atoms with Crippen LogP contribution < -0.4 is 5.32 Å². The van der Waals surface area contributed by atoms with E-state index in [1.165, 1.54) is 37.9 Å². The summed E-state index contributed by atoms with van der Waals surface area (Å²) in [6.45, 7) is 9.09. The molecule has 1 fully saturated rings. The quantitative estimate of drug-likeness (QED) is 0.710. The molecule has 118 valence electrons. The Bertz CT molecular complexity index is 374. The van der Waals surface area contributed by atoms with Crippen molar-refractivity contribution < 1.29 is 4.74 Å². The summed E-state index contributed by atoms with van der Waals surface area (Å²) < 4.78 is 5.74. The first kappa shape index (κ1) is 16.4. The Balaban J connectivity index is 1.59. The van der Waals surface area contributed by atoms with E-state index in [0.29, 0.717) is 6.61 Å². The molecule has 0 unspecified atom stereocenters. The molecule has 0 amide bonds. The molecule has 1 aliphatic heterocycles. The summed E-state index contributed by atoms with van der Waals surface area (Å²) >= 11 is 0. The molecule has 0 saturated carbocycles. The number of hydrogen-bond acceptors (Lipinski definition) is 4. The number of aromatic nitrogens is 1. The zero-order valence-corrected chi connectivity index (χ0v) is 13.3. The summed E-state index contributed by atoms with van der Waals surface area (Å²) in [5.74, 6) is 0. The van der Waals surface area contributed by atoms with Crippen LogP contribution >= 0.6 is 0 Å². The van der Waals surface area contributed by atoms with Crippen molar-refractivity contribution in [2.24, 2.45) is 0 Å². The van der Waals surface area contributed by atoms with Gasteiger partial charge < -0.3 is 15.0 Å². The van der Waals surface area contributed by atoms with Crippen molar-refractivity contribution in [2.75, 3.05) is 32.8 Å². The summed E-state index contributed by atoms with van der Waals surface area (Å²) in [4.78, 5) is 6.96. The third-order valence-corrected chi connectivity index (χ3v) is 3.89. The molecule has 0 aromatic carbocycles. The van der Waals surface area contributed by atoms with E-state index in [4.69, 9.17) is 4.74 Å². The van der Waals surface area contributed by atoms with Crippen molar-refractivity contribution in [3.8, 4) is 0 Å². The van der Waals surface area contributed by atoms with Gasteiger partial charge in [0.25, 0.3) is 0 Å². The molecule has 1 N–H and O–H groups in total. The first-order valence-corrected chi connectivity index (χ1v) is 8.33. The lowest BCUT2D eigenvalue weighted by Gasteiger charge is -2.26. The Morgan fingerprint density at radius 1 is 1.24 bits per heavy atom. The van der Waals surface area contributed by atoms with Crippen LogP contribution in [0.1, 0.15) is 43.9 Å². The highest BCUT2D eigenvalue weighted by molar-refractivity contribution is 5.13. The van der Waals surface area contributed by atoms with Gasteiger partial charge in [-0.05, 0) is 50.5 Å². The third kappa shape index (κ3) is 6.55. The molecule has 2 heterocycles. The Morgan fingerprint density at radius 3 is 2.81 bits per heavy atom. The largest absolute Gasteiger partial charge is 0.374 e. The molecule has 1 aromatic rings. The van der Waals surface area contributed by atoms with Gasteiger partial charge in [-0.15, -0.1) is 0 Å². The van der Waals surface area contributed by atoms with E-state index < -0.39 is 0 Å². The summed E-state index contributed by atoms with van der Waals surface area (Å²) in [6, 6.07) is 4.21. The zero-order chi connectivity index (χ0) is 14.8. The van der Waals surface area contributed by atoms with E-state index in [0.717, 1.165) is 38.4 Å². The minimum Gasteiger partial charge on any atom is -0.374 e. The minimum atomic E-state index is 0.622. The molecule has 0 spiro atoms. The van der Waals surface area contributed by atoms with E-state index in [2.05, 4.69) is 34.3 Å². The van der Waals surface area contributed by atoms with Crippen LogP contribution in [0.5, 0.6) is 0 Å². The Kier molecular flexibility index (Phi) is 7.71. The Morgan fingerprint density at radius 2 is 2.10 bits per heavy atom. The van der Waals surface area contributed by atoms with Gasteiger partial charge in [0.05, 0.1) is 18.9 Å². The molecule has 1 saturated heterocycles. The van der Waals surface area contributed by atoms with E-state index in [1.807, 2.05) is 6.20 Å². The molecular formula is C17H29N3O. The highest BCUT2D eigenvalue weighted by Crippen LogP contribution is 2.08. The van der Waals surface area contributed by atoms with Gasteiger partial charge in [-0.25, -0.2) is 0 Å². The van der Waals surface area contributed by atoms with E-state index in [1.54, 1.807) is 0 Å². The van der Waals surface area contributed by atoms with Gasteiger partial charge in [-0.2, -0.15) is 0 Å². The van der Waals surface area contributed by atoms with Gasteiger partial charge in [0.1, 0.15) is 0 Å². The van der Waals surface area contributed by atoms with Crippen LogP contribution in [0.15, 0.2) is 18.3 Å². The van der Waals surface area contributed by atoms with Gasteiger partial charge in [-0.1, -0.05) is 19.4 Å². The summed E-state index contributed by atoms with van der Waals surface area (Å²) in [6.07, 6.45) is 7.19. The predicted molar refractivity (Wildman–Crippen MR) is 86.2 cm³/mol. The summed E-state index contributed by atoms with van der Waals surface area (Å²) in [7, 11) is 0. The fourth-order valence-corrected chi connectivity index (χ4v) is 2.61. The topological polar surface area (TPSA) is 37.4 Å². The number of pyridine rings is 1. The van der Waals surface area contributed by atoms with E-state index >= 15 is 0 Å². The van der Waals surface area contributed by atoms with Crippen LogP contribution in [0.25, 0.3) is 0 Å². The fourth-order valence-electron chi connectivity index (χ4n) is 2.61. The van der Waals surface area contributed by atoms with Crippen LogP contribution in [0.4, 0.5) is 0 Å². The Hall–Kier alpha value is -0.970. The minimum absolute atomic E-state index is 0.622. The molecule has 2 rings (SSSR count). The zero-order valence-electron chi connectivity index (χ0n) is 13.3. The number of likely N-dealkylation sites (tertiary alicyclic amines) is 1. The monoisotopic (exact) mass is 291 g/mol. The normalized spacial score (nSPS) is 16.2. The number of hydrogen-bond donors (Lipinski definition) is 1. The van der Waals surface area contributed by atoms with Crippen LogP contribution in [-0.4, -0.2) is 42.7 Å². The maximum absolute atomic E-state index is 5.74. The van der Waals surface area contributed by atoms with Crippen molar-refractivity contribution in [3.05, 3.63) is 29.6 Å². The van der Waals surface area contributed by atoms with Crippen molar-refractivity contribution in [3.63, 3.8) is 0 Å². The molecular weight excluding hydrogens is 262 g/mol. The van der Waals surface area contributed by atoms with Gasteiger partial charge in [0.2, 0.25) is 0 Å². The van der Waals surface area contributed by atoms with Gasteiger partial charge >= 0.3 is 0 Å². The smallest absolute Gasteiger partial charge is 0.0888 e. The summed E-state index contributed by atoms with van der Waals surface area (Å²) in [5.41, 5.74) is 2.26. The molecule has 21 heavy (non-hydrogen) atoms. The van der Waals surface area contributed by atoms with Gasteiger partial charge in [-0.3, -0.25) is 4.98 Å². The van der Waals surface area contributed by atoms with Crippen molar-refractivity contribution in [2.45, 2.75) is 45.8 Å². The fraction of sp³-hybridized carbons (Fsp3) is 0.706. The lowest BCUT2D eigenvalue weighted by Crippen LogP contribution is -2.32. The number of piperidine rings is 1. The predicted octanol–water partition coefficient (Wildman–Crippen LogP) is 2.58. The molecule has 4 nitrogen and oxygen atoms in total. The SMILES string of the molecule is CCCNCc1ccc(COCCN2CCCCC2)nc1. The maximum Gasteiger partial charge on any atom is 0.0888 e. The van der Waals surface area contributed by atoms with E-state index in [9.17, 15) is 0 Å². The van der Waals surface area contributed by atoms with Crippen LogP contribution in [0, 0.1) is 0 Å². The van der Waals surface area contributed by atoms with Crippen molar-refractivity contribution >= 4 is 0 Å². The first-order valence-electron chi connectivity index (χ1n) is 8.33. The number of ether oxygens (including phenoxy) is 1. The maximum atomic E-state index is 5.74. The standard InChI is InChI=1S/C17H29N3O/c1-2-8-18-13-16-6-7-17(19-14-16)15-21-12-11-20-9-4-3-5-10-20/h6-7,14,18H,2-5,8-13,15H2,1H3. The number of rotatable bonds is 9. The van der Waals surface area contributed by atoms with Crippen LogP contribution in [-0.2, 0) is 17.9 Å². The summed E-state index contributed by atoms with van der Waals surface area (Å²) in [5, 5.41) is 3.38. The van der Waals surface area contributed by atoms with Crippen molar-refractivity contribution in [1.29, 1.82) is 0 Å². The number of nitrogens with one attached hydrogen (secondary N) is 1. The Labute approximate surface area is 128 Å².